The van der Waals surface area contributed by atoms with Crippen molar-refractivity contribution in [2.24, 2.45) is 11.8 Å². The normalized spacial score (nSPS) is 27.7. The minimum Gasteiger partial charge on any atom is -1.00 e. The van der Waals surface area contributed by atoms with Crippen LogP contribution in [0.15, 0.2) is 124 Å². The van der Waals surface area contributed by atoms with Gasteiger partial charge < -0.3 is 24.8 Å². The fraction of sp³-hybridized carbons (Fsp3) is 0.250. The fourth-order valence-corrected chi connectivity index (χ4v) is 29.1. The van der Waals surface area contributed by atoms with Gasteiger partial charge in [-0.2, -0.15) is 0 Å². The SMILES string of the molecule is CC1=CC2C(=CC(C)=[C]2[Zr+2]2([C]3=C(C)C=C4C3C=C(C)P4c3ccccc3)[CH2][CH2]2)P1c1ccccc1.[Cl-].[Cl-]. The summed E-state index contributed by atoms with van der Waals surface area (Å²) >= 11 is -2.58. The largest absolute Gasteiger partial charge is 1.00 e. The van der Waals surface area contributed by atoms with Crippen molar-refractivity contribution in [3.05, 3.63) is 124 Å². The molecule has 188 valence electrons. The van der Waals surface area contributed by atoms with Crippen LogP contribution in [0.1, 0.15) is 27.7 Å². The van der Waals surface area contributed by atoms with Gasteiger partial charge in [-0.1, -0.05) is 0 Å². The average molecular weight is 641 g/mol. The zero-order valence-electron chi connectivity index (χ0n) is 21.8. The maximum atomic E-state index is 2.68. The van der Waals surface area contributed by atoms with E-state index in [9.17, 15) is 0 Å². The van der Waals surface area contributed by atoms with E-state index in [2.05, 4.69) is 113 Å². The van der Waals surface area contributed by atoms with Crippen LogP contribution in [0, 0.1) is 11.8 Å². The van der Waals surface area contributed by atoms with Gasteiger partial charge in [0.1, 0.15) is 0 Å². The fourth-order valence-electron chi connectivity index (χ4n) is 7.37. The molecule has 2 aromatic rings. The van der Waals surface area contributed by atoms with Gasteiger partial charge in [0.25, 0.3) is 0 Å². The molecule has 4 atom stereocenters. The average Bonchev–Trinajstić information content (AvgIpc) is 3.16. The molecule has 0 amide bonds. The number of benzene rings is 2. The Hall–Kier alpha value is -0.797. The van der Waals surface area contributed by atoms with Crippen molar-refractivity contribution in [2.75, 3.05) is 0 Å². The van der Waals surface area contributed by atoms with E-state index in [0.29, 0.717) is 11.8 Å². The first-order valence-electron chi connectivity index (χ1n) is 12.9. The predicted molar refractivity (Wildman–Crippen MR) is 152 cm³/mol. The van der Waals surface area contributed by atoms with Crippen molar-refractivity contribution in [2.45, 2.75) is 36.0 Å². The summed E-state index contributed by atoms with van der Waals surface area (Å²) < 4.78 is 6.94. The molecule has 0 spiro atoms. The Bertz CT molecular complexity index is 1330. The van der Waals surface area contributed by atoms with E-state index in [0.717, 1.165) is 0 Å². The van der Waals surface area contributed by atoms with Gasteiger partial charge in [-0.05, 0) is 0 Å². The Kier molecular flexibility index (Phi) is 7.73. The Balaban J connectivity index is 0.00000140. The Labute approximate surface area is 241 Å². The topological polar surface area (TPSA) is 0 Å². The van der Waals surface area contributed by atoms with Crippen LogP contribution >= 0.6 is 15.8 Å². The van der Waals surface area contributed by atoms with Gasteiger partial charge in [-0.3, -0.25) is 0 Å². The van der Waals surface area contributed by atoms with Crippen LogP contribution in [0.4, 0.5) is 0 Å². The van der Waals surface area contributed by atoms with Gasteiger partial charge in [0, 0.05) is 0 Å². The van der Waals surface area contributed by atoms with Gasteiger partial charge in [0.05, 0.1) is 0 Å². The molecule has 37 heavy (non-hydrogen) atoms. The second kappa shape index (κ2) is 10.3. The van der Waals surface area contributed by atoms with Gasteiger partial charge in [0.15, 0.2) is 0 Å². The van der Waals surface area contributed by atoms with Crippen molar-refractivity contribution in [3.8, 4) is 0 Å². The molecule has 7 rings (SSSR count). The van der Waals surface area contributed by atoms with Crippen LogP contribution in [-0.4, -0.2) is 0 Å². The number of hydrogen-bond acceptors (Lipinski definition) is 0. The molecule has 0 radical (unpaired) electrons. The molecule has 0 nitrogen and oxygen atoms in total. The molecule has 2 aliphatic carbocycles. The van der Waals surface area contributed by atoms with Gasteiger partial charge in [0.2, 0.25) is 0 Å². The minimum atomic E-state index is -2.58. The maximum Gasteiger partial charge on any atom is -1.00 e. The second-order valence-electron chi connectivity index (χ2n) is 10.8. The summed E-state index contributed by atoms with van der Waals surface area (Å²) in [6, 6.07) is 22.6. The first-order valence-corrected chi connectivity index (χ1v) is 21.5. The molecule has 0 saturated carbocycles. The zero-order chi connectivity index (χ0) is 23.9. The summed E-state index contributed by atoms with van der Waals surface area (Å²) in [6.07, 6.45) is 10.6. The summed E-state index contributed by atoms with van der Waals surface area (Å²) in [5, 5.41) is 9.76. The van der Waals surface area contributed by atoms with E-state index >= 15 is 0 Å². The number of halogens is 2. The van der Waals surface area contributed by atoms with E-state index in [4.69, 9.17) is 0 Å². The van der Waals surface area contributed by atoms with Crippen LogP contribution in [-0.2, 0) is 20.3 Å². The molecule has 5 aliphatic rings. The van der Waals surface area contributed by atoms with Crippen LogP contribution in [0.3, 0.4) is 0 Å². The Morgan fingerprint density at radius 1 is 0.595 bits per heavy atom. The first kappa shape index (κ1) is 27.8. The molecule has 5 heteroatoms. The standard InChI is InChI=1S/2C15H14P.C2H4.2ClH.Zr/c2*1-11-8-13-10-12(2)16(15(13)9-11)14-6-4-3-5-7-14;1-2;;;/h2*3-7,9-10,13H,1-2H3;1-2H2;2*1H;/q;;;;;+2/p-2. The smallest absolute Gasteiger partial charge is 1.00 e. The molecule has 1 fully saturated rings. The molecule has 0 bridgehead atoms. The van der Waals surface area contributed by atoms with E-state index in [1.165, 1.54) is 18.9 Å². The van der Waals surface area contributed by atoms with Gasteiger partial charge >= 0.3 is 218 Å². The molecule has 2 aromatic carbocycles. The van der Waals surface area contributed by atoms with Gasteiger partial charge in [-0.15, -0.1) is 0 Å². The molecule has 4 unspecified atom stereocenters. The van der Waals surface area contributed by atoms with Crippen molar-refractivity contribution < 1.29 is 45.1 Å². The van der Waals surface area contributed by atoms with E-state index < -0.39 is 20.3 Å². The van der Waals surface area contributed by atoms with E-state index in [1.807, 2.05) is 6.56 Å². The Morgan fingerprint density at radius 2 is 0.973 bits per heavy atom. The maximum absolute atomic E-state index is 2.68. The van der Waals surface area contributed by atoms with Crippen molar-refractivity contribution in [3.63, 3.8) is 0 Å². The van der Waals surface area contributed by atoms with E-state index in [-0.39, 0.29) is 40.7 Å². The molecule has 0 aromatic heterocycles. The van der Waals surface area contributed by atoms with Crippen LogP contribution < -0.4 is 35.4 Å². The third-order valence-electron chi connectivity index (χ3n) is 8.69. The van der Waals surface area contributed by atoms with Crippen LogP contribution in [0.5, 0.6) is 0 Å². The van der Waals surface area contributed by atoms with Crippen LogP contribution in [0.25, 0.3) is 0 Å². The molecular weight excluding hydrogens is 608 g/mol. The molecular formula is C32H32Cl2P2Zr. The van der Waals surface area contributed by atoms with Gasteiger partial charge in [-0.25, -0.2) is 0 Å². The molecule has 3 heterocycles. The van der Waals surface area contributed by atoms with Crippen molar-refractivity contribution in [1.82, 2.24) is 0 Å². The number of rotatable bonds is 4. The second-order valence-corrected chi connectivity index (χ2v) is 26.1. The Morgan fingerprint density at radius 3 is 1.32 bits per heavy atom. The zero-order valence-corrected chi connectivity index (χ0v) is 27.6. The van der Waals surface area contributed by atoms with Crippen molar-refractivity contribution >= 4 is 26.5 Å². The first-order chi connectivity index (χ1) is 17.0. The molecule has 3 aliphatic heterocycles. The molecule has 1 saturated heterocycles. The van der Waals surface area contributed by atoms with Crippen molar-refractivity contribution in [1.29, 1.82) is 0 Å². The summed E-state index contributed by atoms with van der Waals surface area (Å²) in [5.41, 5.74) is 3.28. The number of allylic oxidation sites excluding steroid dienone is 12. The third-order valence-corrected chi connectivity index (χ3v) is 26.1. The number of hydrogen-bond donors (Lipinski definition) is 0. The molecule has 0 N–H and O–H groups in total. The summed E-state index contributed by atoms with van der Waals surface area (Å²) in [5.74, 6) is 1.21. The van der Waals surface area contributed by atoms with Crippen LogP contribution in [0.2, 0.25) is 8.26 Å². The predicted octanol–water partition coefficient (Wildman–Crippen LogP) is 3.02. The van der Waals surface area contributed by atoms with E-state index in [1.54, 1.807) is 32.4 Å². The summed E-state index contributed by atoms with van der Waals surface area (Å²) in [6.45, 7) is 9.70. The monoisotopic (exact) mass is 638 g/mol. The summed E-state index contributed by atoms with van der Waals surface area (Å²) in [7, 11) is -0.634. The minimum absolute atomic E-state index is 0. The quantitative estimate of drug-likeness (QED) is 0.452. The third kappa shape index (κ3) is 4.19. The number of fused-ring (bicyclic) bond motifs is 2. The summed E-state index contributed by atoms with van der Waals surface area (Å²) in [4.78, 5) is 0.